The Morgan fingerprint density at radius 2 is 2.06 bits per heavy atom. The first-order chi connectivity index (χ1) is 7.95. The number of benzene rings is 1. The van der Waals surface area contributed by atoms with Gasteiger partial charge in [-0.15, -0.1) is 0 Å². The minimum atomic E-state index is -3.04. The molecule has 0 atom stereocenters. The summed E-state index contributed by atoms with van der Waals surface area (Å²) in [7, 11) is 1.21. The maximum atomic E-state index is 12.1. The number of carbonyl (C=O) groups excluding carboxylic acids is 1. The molecule has 0 aliphatic heterocycles. The SMILES string of the molecule is COC(=O)Cc1ccc(Cl)c(OC(F)F)c1Cl. The van der Waals surface area contributed by atoms with Crippen LogP contribution in [0.15, 0.2) is 12.1 Å². The Kier molecular flexibility index (Phi) is 4.96. The van der Waals surface area contributed by atoms with Crippen molar-refractivity contribution in [1.29, 1.82) is 0 Å². The van der Waals surface area contributed by atoms with Gasteiger partial charge in [0, 0.05) is 0 Å². The fraction of sp³-hybridized carbons (Fsp3) is 0.300. The molecule has 1 rings (SSSR count). The van der Waals surface area contributed by atoms with Gasteiger partial charge in [0.15, 0.2) is 5.75 Å². The Hall–Kier alpha value is -1.07. The summed E-state index contributed by atoms with van der Waals surface area (Å²) in [5.41, 5.74) is 0.304. The zero-order valence-electron chi connectivity index (χ0n) is 8.68. The van der Waals surface area contributed by atoms with E-state index >= 15 is 0 Å². The smallest absolute Gasteiger partial charge is 0.387 e. The third-order valence-corrected chi connectivity index (χ3v) is 2.61. The van der Waals surface area contributed by atoms with E-state index in [1.54, 1.807) is 0 Å². The molecule has 0 spiro atoms. The molecule has 0 radical (unpaired) electrons. The third kappa shape index (κ3) is 3.71. The molecule has 1 aromatic rings. The minimum Gasteiger partial charge on any atom is -0.469 e. The van der Waals surface area contributed by atoms with Crippen molar-refractivity contribution in [2.75, 3.05) is 7.11 Å². The van der Waals surface area contributed by atoms with E-state index in [2.05, 4.69) is 9.47 Å². The van der Waals surface area contributed by atoms with Crippen molar-refractivity contribution in [2.24, 2.45) is 0 Å². The van der Waals surface area contributed by atoms with E-state index in [1.807, 2.05) is 0 Å². The summed E-state index contributed by atoms with van der Waals surface area (Å²) >= 11 is 11.5. The molecule has 0 aliphatic rings. The van der Waals surface area contributed by atoms with Gasteiger partial charge in [-0.05, 0) is 11.6 Å². The van der Waals surface area contributed by atoms with E-state index in [0.29, 0.717) is 5.56 Å². The lowest BCUT2D eigenvalue weighted by Gasteiger charge is -2.11. The van der Waals surface area contributed by atoms with Gasteiger partial charge < -0.3 is 9.47 Å². The average molecular weight is 285 g/mol. The van der Waals surface area contributed by atoms with E-state index in [0.717, 1.165) is 0 Å². The van der Waals surface area contributed by atoms with Gasteiger partial charge in [-0.3, -0.25) is 4.79 Å². The number of esters is 1. The number of alkyl halides is 2. The molecule has 0 saturated carbocycles. The number of hydrogen-bond donors (Lipinski definition) is 0. The van der Waals surface area contributed by atoms with Crippen LogP contribution in [0.2, 0.25) is 10.0 Å². The van der Waals surface area contributed by atoms with Crippen LogP contribution in [0.3, 0.4) is 0 Å². The van der Waals surface area contributed by atoms with Crippen molar-refractivity contribution in [3.63, 3.8) is 0 Å². The maximum absolute atomic E-state index is 12.1. The number of ether oxygens (including phenoxy) is 2. The average Bonchev–Trinajstić information content (AvgIpc) is 2.27. The third-order valence-electron chi connectivity index (χ3n) is 1.90. The van der Waals surface area contributed by atoms with E-state index in [-0.39, 0.29) is 22.2 Å². The van der Waals surface area contributed by atoms with Crippen LogP contribution in [0.1, 0.15) is 5.56 Å². The van der Waals surface area contributed by atoms with E-state index in [1.165, 1.54) is 19.2 Å². The van der Waals surface area contributed by atoms with Gasteiger partial charge in [0.25, 0.3) is 0 Å². The molecule has 0 fully saturated rings. The number of methoxy groups -OCH3 is 1. The zero-order valence-corrected chi connectivity index (χ0v) is 10.2. The molecule has 7 heteroatoms. The van der Waals surface area contributed by atoms with Gasteiger partial charge in [0.05, 0.1) is 23.6 Å². The number of halogens is 4. The topological polar surface area (TPSA) is 35.5 Å². The van der Waals surface area contributed by atoms with Crippen molar-refractivity contribution in [3.05, 3.63) is 27.7 Å². The van der Waals surface area contributed by atoms with Crippen LogP contribution in [0, 0.1) is 0 Å². The highest BCUT2D eigenvalue weighted by Crippen LogP contribution is 2.36. The molecule has 17 heavy (non-hydrogen) atoms. The molecule has 0 amide bonds. The molecule has 94 valence electrons. The Balaban J connectivity index is 3.05. The molecule has 0 heterocycles. The molecule has 1 aromatic carbocycles. The lowest BCUT2D eigenvalue weighted by molar-refractivity contribution is -0.139. The highest BCUT2D eigenvalue weighted by molar-refractivity contribution is 6.37. The molecule has 0 N–H and O–H groups in total. The summed E-state index contributed by atoms with van der Waals surface area (Å²) in [6.07, 6.45) is -0.147. The fourth-order valence-corrected chi connectivity index (χ4v) is 1.66. The first-order valence-electron chi connectivity index (χ1n) is 4.44. The van der Waals surface area contributed by atoms with Crippen LogP contribution in [-0.2, 0) is 16.0 Å². The zero-order chi connectivity index (χ0) is 13.0. The Bertz CT molecular complexity index is 424. The van der Waals surface area contributed by atoms with E-state index in [9.17, 15) is 13.6 Å². The summed E-state index contributed by atoms with van der Waals surface area (Å²) in [5, 5.41) is -0.174. The van der Waals surface area contributed by atoms with Crippen molar-refractivity contribution < 1.29 is 23.0 Å². The molecular formula is C10H8Cl2F2O3. The first-order valence-corrected chi connectivity index (χ1v) is 5.19. The molecule has 0 aromatic heterocycles. The van der Waals surface area contributed by atoms with Gasteiger partial charge in [0.2, 0.25) is 0 Å². The van der Waals surface area contributed by atoms with Crippen LogP contribution >= 0.6 is 23.2 Å². The monoisotopic (exact) mass is 284 g/mol. The standard InChI is InChI=1S/C10H8Cl2F2O3/c1-16-7(15)4-5-2-3-6(11)9(8(5)12)17-10(13)14/h2-3,10H,4H2,1H3. The number of rotatable bonds is 4. The first kappa shape index (κ1) is 14.0. The summed E-state index contributed by atoms with van der Waals surface area (Å²) in [4.78, 5) is 11.0. The number of carbonyl (C=O) groups is 1. The van der Waals surface area contributed by atoms with Crippen LogP contribution < -0.4 is 4.74 Å². The number of hydrogen-bond acceptors (Lipinski definition) is 3. The molecule has 0 unspecified atom stereocenters. The summed E-state index contributed by atoms with van der Waals surface area (Å²) in [6.45, 7) is -3.04. The molecule has 3 nitrogen and oxygen atoms in total. The molecule has 0 aliphatic carbocycles. The van der Waals surface area contributed by atoms with Gasteiger partial charge >= 0.3 is 12.6 Å². The Morgan fingerprint density at radius 3 is 2.59 bits per heavy atom. The lowest BCUT2D eigenvalue weighted by Crippen LogP contribution is -2.07. The van der Waals surface area contributed by atoms with Gasteiger partial charge in [-0.25, -0.2) is 0 Å². The normalized spacial score (nSPS) is 10.5. The Labute approximate surface area is 106 Å². The molecular weight excluding hydrogens is 277 g/mol. The van der Waals surface area contributed by atoms with Gasteiger partial charge in [-0.2, -0.15) is 8.78 Å². The van der Waals surface area contributed by atoms with E-state index < -0.39 is 12.6 Å². The molecule has 0 bridgehead atoms. The molecule has 0 saturated heterocycles. The highest BCUT2D eigenvalue weighted by atomic mass is 35.5. The predicted molar refractivity (Wildman–Crippen MR) is 58.8 cm³/mol. The Morgan fingerprint density at radius 1 is 1.41 bits per heavy atom. The fourth-order valence-electron chi connectivity index (χ4n) is 1.13. The minimum absolute atomic E-state index is 0.0519. The quantitative estimate of drug-likeness (QED) is 0.796. The van der Waals surface area contributed by atoms with Crippen LogP contribution in [-0.4, -0.2) is 19.7 Å². The van der Waals surface area contributed by atoms with Crippen LogP contribution in [0.25, 0.3) is 0 Å². The second-order valence-corrected chi connectivity index (χ2v) is 3.77. The van der Waals surface area contributed by atoms with Crippen molar-refractivity contribution in [1.82, 2.24) is 0 Å². The summed E-state index contributed by atoms with van der Waals surface area (Å²) < 4.78 is 32.8. The van der Waals surface area contributed by atoms with E-state index in [4.69, 9.17) is 23.2 Å². The second-order valence-electron chi connectivity index (χ2n) is 2.98. The summed E-state index contributed by atoms with van der Waals surface area (Å²) in [5.74, 6) is -0.887. The van der Waals surface area contributed by atoms with Gasteiger partial charge in [0.1, 0.15) is 0 Å². The van der Waals surface area contributed by atoms with Crippen LogP contribution in [0.5, 0.6) is 5.75 Å². The van der Waals surface area contributed by atoms with Crippen molar-refractivity contribution in [2.45, 2.75) is 13.0 Å². The van der Waals surface area contributed by atoms with Gasteiger partial charge in [-0.1, -0.05) is 29.3 Å². The second kappa shape index (κ2) is 6.02. The highest BCUT2D eigenvalue weighted by Gasteiger charge is 2.17. The van der Waals surface area contributed by atoms with Crippen molar-refractivity contribution in [3.8, 4) is 5.75 Å². The van der Waals surface area contributed by atoms with Crippen LogP contribution in [0.4, 0.5) is 8.78 Å². The lowest BCUT2D eigenvalue weighted by atomic mass is 10.1. The predicted octanol–water partition coefficient (Wildman–Crippen LogP) is 3.31. The van der Waals surface area contributed by atoms with Crippen molar-refractivity contribution >= 4 is 29.2 Å². The summed E-state index contributed by atoms with van der Waals surface area (Å²) in [6, 6.07) is 2.77. The maximum Gasteiger partial charge on any atom is 0.387 e. The largest absolute Gasteiger partial charge is 0.469 e.